The summed E-state index contributed by atoms with van der Waals surface area (Å²) in [6.07, 6.45) is 4.16. The summed E-state index contributed by atoms with van der Waals surface area (Å²) in [7, 11) is 4.29. The topological polar surface area (TPSA) is 15.3 Å². The van der Waals surface area contributed by atoms with Gasteiger partial charge in [-0.25, -0.2) is 0 Å². The SMILES string of the molecule is CN(C)CCCC1CCNC1. The van der Waals surface area contributed by atoms with Gasteiger partial charge in [0.15, 0.2) is 0 Å². The van der Waals surface area contributed by atoms with Gasteiger partial charge in [0.1, 0.15) is 0 Å². The molecule has 1 fully saturated rings. The summed E-state index contributed by atoms with van der Waals surface area (Å²) in [6.45, 7) is 3.75. The van der Waals surface area contributed by atoms with Crippen molar-refractivity contribution in [1.82, 2.24) is 10.2 Å². The number of nitrogens with zero attached hydrogens (tertiary/aromatic N) is 1. The van der Waals surface area contributed by atoms with E-state index in [-0.39, 0.29) is 0 Å². The van der Waals surface area contributed by atoms with Crippen LogP contribution in [0.3, 0.4) is 0 Å². The molecule has 1 aliphatic heterocycles. The van der Waals surface area contributed by atoms with Crippen LogP contribution in [0, 0.1) is 5.92 Å². The van der Waals surface area contributed by atoms with Gasteiger partial charge >= 0.3 is 0 Å². The van der Waals surface area contributed by atoms with E-state index in [2.05, 4.69) is 24.3 Å². The molecule has 1 heterocycles. The van der Waals surface area contributed by atoms with Crippen LogP contribution in [0.15, 0.2) is 0 Å². The van der Waals surface area contributed by atoms with Crippen molar-refractivity contribution in [2.45, 2.75) is 19.3 Å². The molecule has 0 aromatic carbocycles. The molecule has 66 valence electrons. The fourth-order valence-corrected chi connectivity index (χ4v) is 1.66. The molecular weight excluding hydrogens is 136 g/mol. The summed E-state index contributed by atoms with van der Waals surface area (Å²) < 4.78 is 0. The lowest BCUT2D eigenvalue weighted by Gasteiger charge is -2.11. The van der Waals surface area contributed by atoms with Crippen LogP contribution in [0.25, 0.3) is 0 Å². The van der Waals surface area contributed by atoms with Crippen LogP contribution in [-0.4, -0.2) is 38.6 Å². The van der Waals surface area contributed by atoms with Gasteiger partial charge in [0.05, 0.1) is 0 Å². The van der Waals surface area contributed by atoms with E-state index in [0.29, 0.717) is 0 Å². The van der Waals surface area contributed by atoms with E-state index in [4.69, 9.17) is 0 Å². The molecule has 1 N–H and O–H groups in total. The van der Waals surface area contributed by atoms with E-state index < -0.39 is 0 Å². The Balaban J connectivity index is 1.94. The Morgan fingerprint density at radius 2 is 2.27 bits per heavy atom. The predicted molar refractivity (Wildman–Crippen MR) is 48.8 cm³/mol. The number of nitrogens with one attached hydrogen (secondary N) is 1. The monoisotopic (exact) mass is 156 g/mol. The van der Waals surface area contributed by atoms with Gasteiger partial charge in [0.25, 0.3) is 0 Å². The average Bonchev–Trinajstić information content (AvgIpc) is 2.39. The highest BCUT2D eigenvalue weighted by molar-refractivity contribution is 4.70. The molecule has 1 rings (SSSR count). The van der Waals surface area contributed by atoms with E-state index >= 15 is 0 Å². The zero-order chi connectivity index (χ0) is 8.10. The van der Waals surface area contributed by atoms with Crippen molar-refractivity contribution in [3.63, 3.8) is 0 Å². The van der Waals surface area contributed by atoms with Crippen LogP contribution in [0.4, 0.5) is 0 Å². The lowest BCUT2D eigenvalue weighted by atomic mass is 10.0. The summed E-state index contributed by atoms with van der Waals surface area (Å²) in [4.78, 5) is 2.27. The summed E-state index contributed by atoms with van der Waals surface area (Å²) in [5.41, 5.74) is 0. The molecule has 0 amide bonds. The van der Waals surface area contributed by atoms with Crippen LogP contribution in [-0.2, 0) is 0 Å². The van der Waals surface area contributed by atoms with Crippen LogP contribution in [0.5, 0.6) is 0 Å². The molecule has 0 aliphatic carbocycles. The third-order valence-corrected chi connectivity index (χ3v) is 2.38. The molecule has 1 unspecified atom stereocenters. The van der Waals surface area contributed by atoms with Gasteiger partial charge in [-0.05, 0) is 58.9 Å². The minimum Gasteiger partial charge on any atom is -0.316 e. The first-order chi connectivity index (χ1) is 5.29. The van der Waals surface area contributed by atoms with Crippen molar-refractivity contribution >= 4 is 0 Å². The zero-order valence-electron chi connectivity index (χ0n) is 7.77. The maximum atomic E-state index is 3.40. The fraction of sp³-hybridized carbons (Fsp3) is 1.00. The fourth-order valence-electron chi connectivity index (χ4n) is 1.66. The van der Waals surface area contributed by atoms with Crippen LogP contribution < -0.4 is 5.32 Å². The van der Waals surface area contributed by atoms with Crippen molar-refractivity contribution in [2.75, 3.05) is 33.7 Å². The number of rotatable bonds is 4. The molecular formula is C9H20N2. The largest absolute Gasteiger partial charge is 0.316 e. The van der Waals surface area contributed by atoms with Gasteiger partial charge in [-0.3, -0.25) is 0 Å². The average molecular weight is 156 g/mol. The number of hydrogen-bond donors (Lipinski definition) is 1. The van der Waals surface area contributed by atoms with Gasteiger partial charge in [-0.15, -0.1) is 0 Å². The maximum absolute atomic E-state index is 3.40. The van der Waals surface area contributed by atoms with Gasteiger partial charge < -0.3 is 10.2 Å². The van der Waals surface area contributed by atoms with Gasteiger partial charge in [0.2, 0.25) is 0 Å². The molecule has 0 aromatic heterocycles. The van der Waals surface area contributed by atoms with Crippen LogP contribution in [0.1, 0.15) is 19.3 Å². The minimum atomic E-state index is 0.968. The Kier molecular flexibility index (Phi) is 3.87. The Hall–Kier alpha value is -0.0800. The smallest absolute Gasteiger partial charge is 0.00200 e. The molecule has 11 heavy (non-hydrogen) atoms. The first-order valence-electron chi connectivity index (χ1n) is 4.64. The molecule has 0 saturated carbocycles. The molecule has 1 atom stereocenters. The van der Waals surface area contributed by atoms with E-state index in [0.717, 1.165) is 5.92 Å². The molecule has 0 bridgehead atoms. The lowest BCUT2D eigenvalue weighted by molar-refractivity contribution is 0.372. The Morgan fingerprint density at radius 3 is 2.82 bits per heavy atom. The molecule has 0 aromatic rings. The van der Waals surface area contributed by atoms with E-state index in [1.165, 1.54) is 38.9 Å². The summed E-state index contributed by atoms with van der Waals surface area (Å²) in [5, 5.41) is 3.40. The number of hydrogen-bond acceptors (Lipinski definition) is 2. The maximum Gasteiger partial charge on any atom is -0.00200 e. The first kappa shape index (κ1) is 9.01. The third-order valence-electron chi connectivity index (χ3n) is 2.38. The molecule has 2 nitrogen and oxygen atoms in total. The lowest BCUT2D eigenvalue weighted by Crippen LogP contribution is -2.15. The van der Waals surface area contributed by atoms with Crippen molar-refractivity contribution in [2.24, 2.45) is 5.92 Å². The van der Waals surface area contributed by atoms with Crippen molar-refractivity contribution in [3.8, 4) is 0 Å². The van der Waals surface area contributed by atoms with E-state index in [1.807, 2.05) is 0 Å². The van der Waals surface area contributed by atoms with E-state index in [9.17, 15) is 0 Å². The summed E-state index contributed by atoms with van der Waals surface area (Å²) in [6, 6.07) is 0. The third kappa shape index (κ3) is 3.73. The Bertz CT molecular complexity index is 95.7. The summed E-state index contributed by atoms with van der Waals surface area (Å²) in [5.74, 6) is 0.968. The Labute approximate surface area is 70.0 Å². The first-order valence-corrected chi connectivity index (χ1v) is 4.64. The highest BCUT2D eigenvalue weighted by Crippen LogP contribution is 2.13. The predicted octanol–water partition coefficient (Wildman–Crippen LogP) is 0.938. The Morgan fingerprint density at radius 1 is 1.45 bits per heavy atom. The standard InChI is InChI=1S/C9H20N2/c1-11(2)7-3-4-9-5-6-10-8-9/h9-10H,3-8H2,1-2H3. The second-order valence-corrected chi connectivity index (χ2v) is 3.80. The second kappa shape index (κ2) is 4.73. The van der Waals surface area contributed by atoms with Crippen molar-refractivity contribution < 1.29 is 0 Å². The minimum absolute atomic E-state index is 0.968. The van der Waals surface area contributed by atoms with Crippen LogP contribution >= 0.6 is 0 Å². The molecule has 2 heteroatoms. The van der Waals surface area contributed by atoms with Gasteiger partial charge in [-0.1, -0.05) is 0 Å². The quantitative estimate of drug-likeness (QED) is 0.651. The van der Waals surface area contributed by atoms with Crippen molar-refractivity contribution in [3.05, 3.63) is 0 Å². The van der Waals surface area contributed by atoms with Crippen LogP contribution in [0.2, 0.25) is 0 Å². The summed E-state index contributed by atoms with van der Waals surface area (Å²) >= 11 is 0. The second-order valence-electron chi connectivity index (χ2n) is 3.80. The van der Waals surface area contributed by atoms with Gasteiger partial charge in [0, 0.05) is 0 Å². The molecule has 0 spiro atoms. The zero-order valence-corrected chi connectivity index (χ0v) is 7.77. The normalized spacial score (nSPS) is 24.8. The highest BCUT2D eigenvalue weighted by atomic mass is 15.0. The molecule has 0 radical (unpaired) electrons. The van der Waals surface area contributed by atoms with E-state index in [1.54, 1.807) is 0 Å². The molecule has 1 saturated heterocycles. The van der Waals surface area contributed by atoms with Crippen molar-refractivity contribution in [1.29, 1.82) is 0 Å². The van der Waals surface area contributed by atoms with Gasteiger partial charge in [-0.2, -0.15) is 0 Å². The molecule has 1 aliphatic rings. The highest BCUT2D eigenvalue weighted by Gasteiger charge is 2.13.